The van der Waals surface area contributed by atoms with Crippen molar-refractivity contribution in [3.63, 3.8) is 0 Å². The molecule has 2 aromatic heterocycles. The van der Waals surface area contributed by atoms with Crippen LogP contribution in [-0.2, 0) is 0 Å². The molecule has 0 saturated carbocycles. The van der Waals surface area contributed by atoms with Crippen LogP contribution in [0.15, 0.2) is 238 Å². The quantitative estimate of drug-likeness (QED) is 0.190. The minimum atomic E-state index is -2.15. The highest BCUT2D eigenvalue weighted by Crippen LogP contribution is 2.74. The van der Waals surface area contributed by atoms with Gasteiger partial charge in [0.15, 0.2) is 0 Å². The molecule has 0 fully saturated rings. The van der Waals surface area contributed by atoms with E-state index >= 15 is 0 Å². The Morgan fingerprint density at radius 1 is 0.253 bits per heavy atom. The average molecular weight is 1020 g/mol. The number of rotatable bonds is 9. The van der Waals surface area contributed by atoms with Crippen LogP contribution in [0.5, 0.6) is 0 Å². The molecule has 13 aromatic rings. The van der Waals surface area contributed by atoms with Gasteiger partial charge in [0.05, 0.1) is 33.4 Å². The third-order valence-electron chi connectivity index (χ3n) is 18.2. The number of para-hydroxylation sites is 4. The summed E-state index contributed by atoms with van der Waals surface area (Å²) in [6.45, 7) is 0. The van der Waals surface area contributed by atoms with Crippen molar-refractivity contribution in [2.75, 3.05) is 0 Å². The fourth-order valence-electron chi connectivity index (χ4n) is 13.4. The number of nitrogens with zero attached hydrogens (tertiary/aromatic N) is 2. The maximum absolute atomic E-state index is 2.65. The Kier molecular flexibility index (Phi) is 12.6. The first-order chi connectivity index (χ1) is 38.4. The number of hydrogen-bond donors (Lipinski definition) is 0. The van der Waals surface area contributed by atoms with Crippen molar-refractivity contribution in [2.45, 2.75) is 19.6 Å². The smallest absolute Gasteiger partial charge is 0.139 e. The zero-order valence-electron chi connectivity index (χ0n) is 47.1. The Morgan fingerprint density at radius 2 is 0.595 bits per heavy atom. The van der Waals surface area contributed by atoms with E-state index in [1.54, 1.807) is 0 Å². The van der Waals surface area contributed by atoms with Crippen molar-refractivity contribution in [2.24, 2.45) is 0 Å². The first-order valence-corrected chi connectivity index (χ1v) is 29.5. The van der Waals surface area contributed by atoms with Crippen LogP contribution in [0.3, 0.4) is 0 Å². The van der Waals surface area contributed by atoms with Crippen LogP contribution in [0.1, 0.15) is 0 Å². The second kappa shape index (κ2) is 19.7. The van der Waals surface area contributed by atoms with Crippen LogP contribution in [0, 0.1) is 0 Å². The van der Waals surface area contributed by atoms with Crippen molar-refractivity contribution < 1.29 is 0 Å². The molecule has 0 bridgehead atoms. The minimum Gasteiger partial charge on any atom is -0.309 e. The summed E-state index contributed by atoms with van der Waals surface area (Å²) in [6.07, 6.45) is 0. The lowest BCUT2D eigenvalue weighted by Crippen LogP contribution is -2.55. The highest BCUT2D eigenvalue weighted by atomic mass is 32.3. The molecule has 0 atom stereocenters. The van der Waals surface area contributed by atoms with E-state index in [2.05, 4.69) is 306 Å². The normalized spacial score (nSPS) is 12.0. The molecule has 366 valence electrons. The van der Waals surface area contributed by atoms with Crippen LogP contribution < -0.4 is 54.6 Å². The van der Waals surface area contributed by atoms with E-state index in [0.717, 1.165) is 5.69 Å². The molecule has 2 heterocycles. The minimum absolute atomic E-state index is 1.16. The molecule has 79 heavy (non-hydrogen) atoms. The van der Waals surface area contributed by atoms with Gasteiger partial charge in [0.1, 0.15) is 78.5 Å². The predicted molar refractivity (Wildman–Crippen MR) is 373 cm³/mol. The maximum atomic E-state index is 2.65. The van der Waals surface area contributed by atoms with Crippen LogP contribution in [-0.4, -0.2) is 87.6 Å². The van der Waals surface area contributed by atoms with E-state index < -0.39 is 10.0 Å². The fourth-order valence-corrected chi connectivity index (χ4v) is 17.3. The van der Waals surface area contributed by atoms with Gasteiger partial charge in [-0.25, -0.2) is 0 Å². The highest BCUT2D eigenvalue weighted by molar-refractivity contribution is 8.34. The van der Waals surface area contributed by atoms with Crippen molar-refractivity contribution >= 4 is 187 Å². The molecule has 11 aromatic carbocycles. The SMILES string of the molecule is Bc1c(B)c(B)c(-c2cc(S(c3ccccc3)(c3ccccc3)c3ccccc3)cc(-c3c(B)c(B)c(B)c(B)c3B)c2-n2c3ccccc3c3cc(-c4ccccc4-n4c5ccccc5c5ccccc54)ccc32)c(B)c1B. The van der Waals surface area contributed by atoms with Gasteiger partial charge in [0.2, 0.25) is 0 Å². The summed E-state index contributed by atoms with van der Waals surface area (Å²) in [4.78, 5) is 5.21. The fraction of sp³-hybridized carbons (Fsp3) is 0. The predicted octanol–water partition coefficient (Wildman–Crippen LogP) is 0.807. The van der Waals surface area contributed by atoms with Crippen molar-refractivity contribution in [1.29, 1.82) is 0 Å². The molecule has 0 radical (unpaired) electrons. The number of hydrogen-bond acceptors (Lipinski definition) is 0. The Morgan fingerprint density at radius 3 is 1.04 bits per heavy atom. The van der Waals surface area contributed by atoms with Gasteiger partial charge in [-0.05, 0) is 102 Å². The van der Waals surface area contributed by atoms with Gasteiger partial charge in [-0.2, -0.15) is 0 Å². The highest BCUT2D eigenvalue weighted by Gasteiger charge is 2.36. The standard InChI is InChI=1S/C66H56B10N2S/c67-56-54(57(68)61(72)64(75)60(56)71)47-35-41(79(38-18-4-1-5-19-38,39-20-6-2-7-21-39)40-22-8-3-9-23-40)36-48(55-58(69)62(73)65(76)63(74)59(55)70)66(47)78-52-31-17-13-27-45(52)46-34-37(32-33-53(46)78)42-24-10-14-28-49(42)77-50-29-15-11-25-43(50)44-26-12-16-30-51(44)77/h1-36H,67-76H2. The average Bonchev–Trinajstić information content (AvgIpc) is 4.16. The zero-order valence-corrected chi connectivity index (χ0v) is 47.9. The molecule has 0 aliphatic carbocycles. The topological polar surface area (TPSA) is 9.86 Å². The summed E-state index contributed by atoms with van der Waals surface area (Å²) in [5, 5.41) is 4.96. The molecule has 0 spiro atoms. The van der Waals surface area contributed by atoms with Gasteiger partial charge in [-0.1, -0.05) is 155 Å². The van der Waals surface area contributed by atoms with Crippen LogP contribution in [0.25, 0.3) is 88.4 Å². The summed E-state index contributed by atoms with van der Waals surface area (Å²) in [6, 6.07) is 82.4. The molecule has 0 unspecified atom stereocenters. The van der Waals surface area contributed by atoms with E-state index in [9.17, 15) is 0 Å². The summed E-state index contributed by atoms with van der Waals surface area (Å²) in [5.41, 5.74) is 27.9. The number of fused-ring (bicyclic) bond motifs is 6. The largest absolute Gasteiger partial charge is 0.309 e. The lowest BCUT2D eigenvalue weighted by atomic mass is 9.58. The molecule has 0 aliphatic heterocycles. The van der Waals surface area contributed by atoms with E-state index in [1.165, 1.54) is 157 Å². The Labute approximate surface area is 475 Å². The summed E-state index contributed by atoms with van der Waals surface area (Å²) < 4.78 is 5.11. The lowest BCUT2D eigenvalue weighted by Gasteiger charge is -2.43. The second-order valence-corrected chi connectivity index (χ2v) is 25.0. The number of aromatic nitrogens is 2. The summed E-state index contributed by atoms with van der Waals surface area (Å²) >= 11 is 0. The Hall–Kier alpha value is -7.98. The van der Waals surface area contributed by atoms with E-state index in [0.29, 0.717) is 0 Å². The monoisotopic (exact) mass is 1020 g/mol. The van der Waals surface area contributed by atoms with Gasteiger partial charge in [0, 0.05) is 57.8 Å². The molecular weight excluding hydrogens is 961 g/mol. The first kappa shape index (κ1) is 50.5. The second-order valence-electron chi connectivity index (χ2n) is 21.9. The van der Waals surface area contributed by atoms with Crippen molar-refractivity contribution in [1.82, 2.24) is 9.13 Å². The van der Waals surface area contributed by atoms with Gasteiger partial charge in [-0.3, -0.25) is 0 Å². The molecule has 0 aliphatic rings. The molecule has 13 rings (SSSR count). The van der Waals surface area contributed by atoms with Crippen molar-refractivity contribution in [3.8, 4) is 44.8 Å². The molecule has 13 heteroatoms. The maximum Gasteiger partial charge on any atom is 0.139 e. The van der Waals surface area contributed by atoms with Crippen LogP contribution >= 0.6 is 10.0 Å². The van der Waals surface area contributed by atoms with Gasteiger partial charge in [-0.15, -0.1) is 42.8 Å². The summed E-state index contributed by atoms with van der Waals surface area (Å²) in [5.74, 6) is 0. The molecule has 0 saturated heterocycles. The Bertz CT molecular complexity index is 4320. The van der Waals surface area contributed by atoms with Crippen molar-refractivity contribution in [3.05, 3.63) is 218 Å². The molecular formula is C66H56B10N2S. The van der Waals surface area contributed by atoms with Crippen LogP contribution in [0.2, 0.25) is 0 Å². The first-order valence-electron chi connectivity index (χ1n) is 27.8. The lowest BCUT2D eigenvalue weighted by molar-refractivity contribution is 1.17. The molecule has 0 N–H and O–H groups in total. The van der Waals surface area contributed by atoms with Crippen LogP contribution in [0.4, 0.5) is 0 Å². The molecule has 2 nitrogen and oxygen atoms in total. The third kappa shape index (κ3) is 7.71. The van der Waals surface area contributed by atoms with Gasteiger partial charge >= 0.3 is 0 Å². The number of benzene rings is 11. The zero-order chi connectivity index (χ0) is 54.4. The van der Waals surface area contributed by atoms with Gasteiger partial charge < -0.3 is 9.13 Å². The van der Waals surface area contributed by atoms with E-state index in [-0.39, 0.29) is 0 Å². The Balaban J connectivity index is 1.21. The van der Waals surface area contributed by atoms with E-state index in [1.807, 2.05) is 0 Å². The summed E-state index contributed by atoms with van der Waals surface area (Å²) in [7, 11) is 21.3. The van der Waals surface area contributed by atoms with Gasteiger partial charge in [0.25, 0.3) is 0 Å². The molecule has 0 amide bonds. The van der Waals surface area contributed by atoms with E-state index in [4.69, 9.17) is 0 Å². The third-order valence-corrected chi connectivity index (χ3v) is 22.1.